The maximum absolute atomic E-state index is 5.40. The predicted octanol–water partition coefficient (Wildman–Crippen LogP) is 1.18. The Labute approximate surface area is 82.0 Å². The first-order valence-corrected chi connectivity index (χ1v) is 4.29. The molecule has 70 valence electrons. The van der Waals surface area contributed by atoms with Gasteiger partial charge in [0.25, 0.3) is 0 Å². The highest BCUT2D eigenvalue weighted by Gasteiger charge is 1.98. The van der Waals surface area contributed by atoms with Gasteiger partial charge in [0.2, 0.25) is 0 Å². The van der Waals surface area contributed by atoms with E-state index in [1.54, 1.807) is 24.6 Å². The number of nitrogens with zero attached hydrogens (tertiary/aromatic N) is 2. The topological polar surface area (TPSA) is 54.8 Å². The van der Waals surface area contributed by atoms with E-state index in [2.05, 4.69) is 5.10 Å². The van der Waals surface area contributed by atoms with Crippen molar-refractivity contribution in [2.45, 2.75) is 6.92 Å². The summed E-state index contributed by atoms with van der Waals surface area (Å²) in [5.74, 6) is 0.676. The quantitative estimate of drug-likeness (QED) is 0.449. The fourth-order valence-corrected chi connectivity index (χ4v) is 0.962. The molecule has 0 saturated heterocycles. The summed E-state index contributed by atoms with van der Waals surface area (Å²) < 4.78 is 5.05. The number of hydrazone groups is 1. The zero-order valence-electron chi connectivity index (χ0n) is 7.30. The summed E-state index contributed by atoms with van der Waals surface area (Å²) >= 11 is 4.77. The molecule has 0 fully saturated rings. The first-order valence-electron chi connectivity index (χ1n) is 3.88. The maximum Gasteiger partial charge on any atom is 0.186 e. The maximum atomic E-state index is 5.40. The van der Waals surface area contributed by atoms with Crippen LogP contribution in [-0.4, -0.2) is 22.9 Å². The van der Waals surface area contributed by atoms with Crippen molar-refractivity contribution in [3.63, 3.8) is 0 Å². The van der Waals surface area contributed by atoms with Crippen molar-refractivity contribution in [2.24, 2.45) is 10.8 Å². The fourth-order valence-electron chi connectivity index (χ4n) is 0.786. The normalized spacial score (nSPS) is 10.5. The van der Waals surface area contributed by atoms with Crippen LogP contribution in [0, 0.1) is 0 Å². The van der Waals surface area contributed by atoms with Gasteiger partial charge in [-0.3, -0.25) is 0 Å². The van der Waals surface area contributed by atoms with E-state index in [-0.39, 0.29) is 5.11 Å². The highest BCUT2D eigenvalue weighted by Crippen LogP contribution is 1.96. The van der Waals surface area contributed by atoms with Gasteiger partial charge in [0.15, 0.2) is 5.11 Å². The second-order valence-corrected chi connectivity index (χ2v) is 2.73. The third kappa shape index (κ3) is 2.87. The summed E-state index contributed by atoms with van der Waals surface area (Å²) in [5, 5.41) is 5.80. The summed E-state index contributed by atoms with van der Waals surface area (Å²) in [5.41, 5.74) is 5.40. The molecule has 5 heteroatoms. The molecule has 0 atom stereocenters. The predicted molar refractivity (Wildman–Crippen MR) is 55.5 cm³/mol. The molecule has 13 heavy (non-hydrogen) atoms. The molecule has 2 N–H and O–H groups in total. The summed E-state index contributed by atoms with van der Waals surface area (Å²) in [6, 6.07) is 3.59. The van der Waals surface area contributed by atoms with Gasteiger partial charge < -0.3 is 10.2 Å². The molecule has 1 heterocycles. The number of hydrogen-bond donors (Lipinski definition) is 1. The molecule has 0 amide bonds. The molecule has 1 rings (SSSR count). The van der Waals surface area contributed by atoms with Gasteiger partial charge in [-0.05, 0) is 31.3 Å². The Hall–Kier alpha value is -1.36. The van der Waals surface area contributed by atoms with Crippen molar-refractivity contribution in [3.05, 3.63) is 24.2 Å². The van der Waals surface area contributed by atoms with E-state index in [1.165, 1.54) is 5.01 Å². The van der Waals surface area contributed by atoms with Crippen LogP contribution in [0.2, 0.25) is 0 Å². The molecule has 0 aliphatic heterocycles. The van der Waals surface area contributed by atoms with Gasteiger partial charge >= 0.3 is 0 Å². The van der Waals surface area contributed by atoms with Crippen molar-refractivity contribution >= 4 is 23.5 Å². The molecule has 4 nitrogen and oxygen atoms in total. The summed E-state index contributed by atoms with van der Waals surface area (Å²) in [6.07, 6.45) is 3.15. The molecule has 0 radical (unpaired) electrons. The lowest BCUT2D eigenvalue weighted by atomic mass is 10.5. The smallest absolute Gasteiger partial charge is 0.186 e. The van der Waals surface area contributed by atoms with Crippen LogP contribution in [0.1, 0.15) is 12.7 Å². The lowest BCUT2D eigenvalue weighted by Gasteiger charge is -2.12. The SMILES string of the molecule is CCN(N=Cc1ccco1)C(N)=S. The summed E-state index contributed by atoms with van der Waals surface area (Å²) in [4.78, 5) is 0. The third-order valence-electron chi connectivity index (χ3n) is 1.42. The zero-order valence-corrected chi connectivity index (χ0v) is 8.12. The Kier molecular flexibility index (Phi) is 3.45. The number of rotatable bonds is 3. The van der Waals surface area contributed by atoms with Crippen LogP contribution >= 0.6 is 12.2 Å². The molecule has 0 aliphatic carbocycles. The van der Waals surface area contributed by atoms with E-state index in [9.17, 15) is 0 Å². The standard InChI is InChI=1S/C8H11N3OS/c1-2-11(8(9)13)10-6-7-4-3-5-12-7/h3-6H,2H2,1H3,(H2,9,13). The molecule has 0 aliphatic rings. The molecular weight excluding hydrogens is 186 g/mol. The lowest BCUT2D eigenvalue weighted by Crippen LogP contribution is -2.30. The van der Waals surface area contributed by atoms with Crippen LogP contribution in [-0.2, 0) is 0 Å². The highest BCUT2D eigenvalue weighted by atomic mass is 32.1. The van der Waals surface area contributed by atoms with E-state index in [0.29, 0.717) is 12.3 Å². The van der Waals surface area contributed by atoms with Gasteiger partial charge in [-0.2, -0.15) is 5.10 Å². The Morgan fingerprint density at radius 3 is 3.08 bits per heavy atom. The molecular formula is C8H11N3OS. The molecule has 0 saturated carbocycles. The Bertz CT molecular complexity index is 294. The molecule has 0 spiro atoms. The van der Waals surface area contributed by atoms with Crippen LogP contribution in [0.25, 0.3) is 0 Å². The van der Waals surface area contributed by atoms with Crippen LogP contribution < -0.4 is 5.73 Å². The molecule has 0 aromatic carbocycles. The fraction of sp³-hybridized carbons (Fsp3) is 0.250. The van der Waals surface area contributed by atoms with Gasteiger partial charge in [-0.25, -0.2) is 5.01 Å². The largest absolute Gasteiger partial charge is 0.463 e. The van der Waals surface area contributed by atoms with E-state index in [1.807, 2.05) is 6.92 Å². The highest BCUT2D eigenvalue weighted by molar-refractivity contribution is 7.80. The van der Waals surface area contributed by atoms with E-state index in [4.69, 9.17) is 22.4 Å². The summed E-state index contributed by atoms with van der Waals surface area (Å²) in [6.45, 7) is 2.56. The zero-order chi connectivity index (χ0) is 9.68. The van der Waals surface area contributed by atoms with Crippen LogP contribution in [0.5, 0.6) is 0 Å². The van der Waals surface area contributed by atoms with Crippen molar-refractivity contribution < 1.29 is 4.42 Å². The van der Waals surface area contributed by atoms with Crippen molar-refractivity contribution in [2.75, 3.05) is 6.54 Å². The lowest BCUT2D eigenvalue weighted by molar-refractivity contribution is 0.473. The Balaban J connectivity index is 2.61. The van der Waals surface area contributed by atoms with Crippen molar-refractivity contribution in [1.82, 2.24) is 5.01 Å². The van der Waals surface area contributed by atoms with Crippen LogP contribution in [0.3, 0.4) is 0 Å². The third-order valence-corrected chi connectivity index (χ3v) is 1.63. The monoisotopic (exact) mass is 197 g/mol. The Morgan fingerprint density at radius 1 is 1.85 bits per heavy atom. The second kappa shape index (κ2) is 4.61. The number of thiocarbonyl (C=S) groups is 1. The minimum atomic E-state index is 0.255. The van der Waals surface area contributed by atoms with E-state index in [0.717, 1.165) is 0 Å². The molecule has 0 bridgehead atoms. The van der Waals surface area contributed by atoms with Crippen LogP contribution in [0.4, 0.5) is 0 Å². The van der Waals surface area contributed by atoms with Crippen molar-refractivity contribution in [3.8, 4) is 0 Å². The van der Waals surface area contributed by atoms with E-state index < -0.39 is 0 Å². The van der Waals surface area contributed by atoms with Crippen molar-refractivity contribution in [1.29, 1.82) is 0 Å². The minimum absolute atomic E-state index is 0.255. The summed E-state index contributed by atoms with van der Waals surface area (Å²) in [7, 11) is 0. The average Bonchev–Trinajstić information content (AvgIpc) is 2.57. The first kappa shape index (κ1) is 9.73. The molecule has 1 aromatic heterocycles. The van der Waals surface area contributed by atoms with Gasteiger partial charge in [0.05, 0.1) is 12.5 Å². The van der Waals surface area contributed by atoms with E-state index >= 15 is 0 Å². The molecule has 1 aromatic rings. The first-order chi connectivity index (χ1) is 6.24. The van der Waals surface area contributed by atoms with Gasteiger partial charge in [-0.1, -0.05) is 0 Å². The minimum Gasteiger partial charge on any atom is -0.463 e. The number of furan rings is 1. The average molecular weight is 197 g/mol. The van der Waals surface area contributed by atoms with Gasteiger partial charge in [-0.15, -0.1) is 0 Å². The molecule has 0 unspecified atom stereocenters. The van der Waals surface area contributed by atoms with Crippen LogP contribution in [0.15, 0.2) is 27.9 Å². The van der Waals surface area contributed by atoms with Gasteiger partial charge in [0, 0.05) is 6.54 Å². The van der Waals surface area contributed by atoms with Gasteiger partial charge in [0.1, 0.15) is 5.76 Å². The Morgan fingerprint density at radius 2 is 2.62 bits per heavy atom. The number of nitrogens with two attached hydrogens (primary N) is 1. The second-order valence-electron chi connectivity index (χ2n) is 2.31. The number of hydrogen-bond acceptors (Lipinski definition) is 3.